The van der Waals surface area contributed by atoms with Gasteiger partial charge in [-0.2, -0.15) is 0 Å². The first-order valence-electron chi connectivity index (χ1n) is 9.43. The van der Waals surface area contributed by atoms with Crippen LogP contribution in [0.1, 0.15) is 5.56 Å². The van der Waals surface area contributed by atoms with Gasteiger partial charge in [-0.3, -0.25) is 4.79 Å². The van der Waals surface area contributed by atoms with E-state index in [2.05, 4.69) is 5.32 Å². The Kier molecular flexibility index (Phi) is 5.80. The van der Waals surface area contributed by atoms with Gasteiger partial charge in [0.15, 0.2) is 9.84 Å². The predicted octanol–water partition coefficient (Wildman–Crippen LogP) is 5.05. The van der Waals surface area contributed by atoms with Crippen LogP contribution in [0.3, 0.4) is 0 Å². The zero-order valence-corrected chi connectivity index (χ0v) is 17.8. The number of carbonyl (C=O) groups excluding carboxylic acids is 1. The fourth-order valence-corrected chi connectivity index (χ4v) is 5.31. The minimum absolute atomic E-state index is 0.126. The quantitative estimate of drug-likeness (QED) is 0.441. The first-order valence-corrected chi connectivity index (χ1v) is 11.5. The zero-order valence-electron chi connectivity index (χ0n) is 16.3. The van der Waals surface area contributed by atoms with Gasteiger partial charge in [-0.05, 0) is 35.9 Å². The first-order chi connectivity index (χ1) is 14.8. The lowest BCUT2D eigenvalue weighted by Gasteiger charge is -2.07. The molecule has 0 bridgehead atoms. The van der Waals surface area contributed by atoms with Gasteiger partial charge in [0, 0.05) is 27.8 Å². The molecule has 0 aliphatic rings. The highest BCUT2D eigenvalue weighted by Crippen LogP contribution is 2.29. The second-order valence-electron chi connectivity index (χ2n) is 7.05. The van der Waals surface area contributed by atoms with E-state index in [0.717, 1.165) is 0 Å². The van der Waals surface area contributed by atoms with Gasteiger partial charge in [-0.15, -0.1) is 0 Å². The standard InChI is InChI=1S/C23H18ClFN2O3S/c24-20-10-3-1-6-16(20)15-31(29,30)22-13-27(21-11-4-2-9-19(21)22)14-23(28)26-18-8-5-7-17(25)12-18/h1-13H,14-15H2,(H,26,28). The summed E-state index contributed by atoms with van der Waals surface area (Å²) in [5, 5.41) is 3.52. The second kappa shape index (κ2) is 8.53. The molecule has 0 atom stereocenters. The Morgan fingerprint density at radius 2 is 1.74 bits per heavy atom. The highest BCUT2D eigenvalue weighted by molar-refractivity contribution is 7.90. The molecule has 0 saturated carbocycles. The van der Waals surface area contributed by atoms with E-state index in [-0.39, 0.29) is 17.2 Å². The van der Waals surface area contributed by atoms with Crippen molar-refractivity contribution in [3.8, 4) is 0 Å². The molecule has 0 aliphatic heterocycles. The van der Waals surface area contributed by atoms with E-state index in [1.54, 1.807) is 59.2 Å². The van der Waals surface area contributed by atoms with Crippen molar-refractivity contribution in [1.82, 2.24) is 4.57 Å². The van der Waals surface area contributed by atoms with Gasteiger partial charge in [0.05, 0.1) is 10.6 Å². The van der Waals surface area contributed by atoms with Crippen molar-refractivity contribution >= 4 is 43.9 Å². The number of rotatable bonds is 6. The smallest absolute Gasteiger partial charge is 0.244 e. The Balaban J connectivity index is 1.66. The van der Waals surface area contributed by atoms with Crippen LogP contribution < -0.4 is 5.32 Å². The Morgan fingerprint density at radius 3 is 2.52 bits per heavy atom. The number of aromatic nitrogens is 1. The lowest BCUT2D eigenvalue weighted by molar-refractivity contribution is -0.116. The van der Waals surface area contributed by atoms with E-state index in [1.807, 2.05) is 0 Å². The molecule has 4 aromatic rings. The molecule has 0 unspecified atom stereocenters. The SMILES string of the molecule is O=C(Cn1cc(S(=O)(=O)Cc2ccccc2Cl)c2ccccc21)Nc1cccc(F)c1. The van der Waals surface area contributed by atoms with Gasteiger partial charge in [-0.25, -0.2) is 12.8 Å². The molecule has 0 aliphatic carbocycles. The topological polar surface area (TPSA) is 68.2 Å². The predicted molar refractivity (Wildman–Crippen MR) is 119 cm³/mol. The maximum Gasteiger partial charge on any atom is 0.244 e. The van der Waals surface area contributed by atoms with Crippen molar-refractivity contribution in [2.45, 2.75) is 17.2 Å². The molecule has 0 fully saturated rings. The van der Waals surface area contributed by atoms with Crippen LogP contribution in [0.25, 0.3) is 10.9 Å². The third-order valence-corrected chi connectivity index (χ3v) is 6.87. The normalized spacial score (nSPS) is 11.5. The summed E-state index contributed by atoms with van der Waals surface area (Å²) in [6.45, 7) is -0.126. The van der Waals surface area contributed by atoms with Crippen LogP contribution in [-0.2, 0) is 26.9 Å². The maximum absolute atomic E-state index is 13.4. The van der Waals surface area contributed by atoms with E-state index < -0.39 is 21.6 Å². The van der Waals surface area contributed by atoms with Gasteiger partial charge < -0.3 is 9.88 Å². The number of hydrogen-bond acceptors (Lipinski definition) is 3. The minimum atomic E-state index is -3.73. The number of amides is 1. The fraction of sp³-hybridized carbons (Fsp3) is 0.0870. The van der Waals surface area contributed by atoms with Crippen LogP contribution in [-0.4, -0.2) is 18.9 Å². The Hall–Kier alpha value is -3.16. The monoisotopic (exact) mass is 456 g/mol. The Labute approximate surface area is 184 Å². The van der Waals surface area contributed by atoms with Crippen LogP contribution in [0.5, 0.6) is 0 Å². The van der Waals surface area contributed by atoms with Gasteiger partial charge in [0.1, 0.15) is 12.4 Å². The van der Waals surface area contributed by atoms with Gasteiger partial charge >= 0.3 is 0 Å². The molecule has 5 nitrogen and oxygen atoms in total. The third kappa shape index (κ3) is 4.62. The fourth-order valence-electron chi connectivity index (χ4n) is 3.41. The van der Waals surface area contributed by atoms with Crippen molar-refractivity contribution < 1.29 is 17.6 Å². The summed E-state index contributed by atoms with van der Waals surface area (Å²) < 4.78 is 41.3. The molecule has 8 heteroatoms. The summed E-state index contributed by atoms with van der Waals surface area (Å²) in [4.78, 5) is 12.6. The molecular formula is C23H18ClFN2O3S. The molecule has 0 spiro atoms. The van der Waals surface area contributed by atoms with Crippen LogP contribution in [0, 0.1) is 5.82 Å². The number of anilines is 1. The number of benzene rings is 3. The Morgan fingerprint density at radius 1 is 1.00 bits per heavy atom. The number of carbonyl (C=O) groups is 1. The van der Waals surface area contributed by atoms with Gasteiger partial charge in [-0.1, -0.05) is 54.1 Å². The number of hydrogen-bond donors (Lipinski definition) is 1. The molecule has 31 heavy (non-hydrogen) atoms. The van der Waals surface area contributed by atoms with E-state index in [9.17, 15) is 17.6 Å². The van der Waals surface area contributed by atoms with E-state index in [1.165, 1.54) is 24.4 Å². The zero-order chi connectivity index (χ0) is 22.0. The van der Waals surface area contributed by atoms with Gasteiger partial charge in [0.25, 0.3) is 0 Å². The second-order valence-corrected chi connectivity index (χ2v) is 9.41. The highest BCUT2D eigenvalue weighted by atomic mass is 35.5. The van der Waals surface area contributed by atoms with Crippen molar-refractivity contribution in [1.29, 1.82) is 0 Å². The van der Waals surface area contributed by atoms with Crippen LogP contribution >= 0.6 is 11.6 Å². The van der Waals surface area contributed by atoms with Gasteiger partial charge in [0.2, 0.25) is 5.91 Å². The third-order valence-electron chi connectivity index (χ3n) is 4.81. The number of nitrogens with zero attached hydrogens (tertiary/aromatic N) is 1. The number of halogens is 2. The lowest BCUT2D eigenvalue weighted by Crippen LogP contribution is -2.18. The molecule has 1 N–H and O–H groups in total. The molecule has 3 aromatic carbocycles. The Bertz CT molecular complexity index is 1380. The summed E-state index contributed by atoms with van der Waals surface area (Å²) in [6, 6.07) is 19.3. The molecule has 1 amide bonds. The summed E-state index contributed by atoms with van der Waals surface area (Å²) in [6.07, 6.45) is 1.46. The molecular weight excluding hydrogens is 439 g/mol. The van der Waals surface area contributed by atoms with Crippen molar-refractivity contribution in [2.75, 3.05) is 5.32 Å². The summed E-state index contributed by atoms with van der Waals surface area (Å²) in [5.74, 6) is -1.12. The number of para-hydroxylation sites is 1. The average Bonchev–Trinajstić information content (AvgIpc) is 3.09. The number of fused-ring (bicyclic) bond motifs is 1. The molecule has 0 radical (unpaired) electrons. The first kappa shape index (κ1) is 21.1. The molecule has 1 aromatic heterocycles. The van der Waals surface area contributed by atoms with Crippen LogP contribution in [0.15, 0.2) is 83.9 Å². The largest absolute Gasteiger partial charge is 0.337 e. The van der Waals surface area contributed by atoms with Crippen LogP contribution in [0.2, 0.25) is 5.02 Å². The van der Waals surface area contributed by atoms with Crippen LogP contribution in [0.4, 0.5) is 10.1 Å². The van der Waals surface area contributed by atoms with E-state index >= 15 is 0 Å². The van der Waals surface area contributed by atoms with Crippen molar-refractivity contribution in [2.24, 2.45) is 0 Å². The van der Waals surface area contributed by atoms with E-state index in [0.29, 0.717) is 27.2 Å². The molecule has 1 heterocycles. The minimum Gasteiger partial charge on any atom is -0.337 e. The number of nitrogens with one attached hydrogen (secondary N) is 1. The maximum atomic E-state index is 13.4. The lowest BCUT2D eigenvalue weighted by atomic mass is 10.2. The molecule has 4 rings (SSSR count). The van der Waals surface area contributed by atoms with Crippen molar-refractivity contribution in [3.05, 3.63) is 95.4 Å². The highest BCUT2D eigenvalue weighted by Gasteiger charge is 2.23. The molecule has 158 valence electrons. The molecule has 0 saturated heterocycles. The van der Waals surface area contributed by atoms with E-state index in [4.69, 9.17) is 11.6 Å². The van der Waals surface area contributed by atoms with Crippen molar-refractivity contribution in [3.63, 3.8) is 0 Å². The number of sulfone groups is 1. The summed E-state index contributed by atoms with van der Waals surface area (Å²) >= 11 is 6.15. The average molecular weight is 457 g/mol. The summed E-state index contributed by atoms with van der Waals surface area (Å²) in [7, 11) is -3.73. The summed E-state index contributed by atoms with van der Waals surface area (Å²) in [5.41, 5.74) is 1.44.